The van der Waals surface area contributed by atoms with Crippen LogP contribution in [0.4, 0.5) is 0 Å². The molecule has 28 heavy (non-hydrogen) atoms. The maximum atomic E-state index is 2.80. The van der Waals surface area contributed by atoms with Crippen LogP contribution in [-0.2, 0) is 0 Å². The van der Waals surface area contributed by atoms with Crippen molar-refractivity contribution >= 4 is 0 Å². The number of hydrogen-bond donors (Lipinski definition) is 0. The Labute approximate surface area is 171 Å². The molecule has 4 fully saturated rings. The van der Waals surface area contributed by atoms with Gasteiger partial charge in [0.15, 0.2) is 0 Å². The molecule has 0 aromatic heterocycles. The Morgan fingerprint density at radius 1 is 0.643 bits per heavy atom. The van der Waals surface area contributed by atoms with Crippen molar-refractivity contribution in [1.29, 1.82) is 0 Å². The number of nitrogens with zero attached hydrogens (tertiary/aromatic N) is 4. The second-order valence-electron chi connectivity index (χ2n) is 11.4. The molecule has 6 aliphatic rings. The van der Waals surface area contributed by atoms with Crippen molar-refractivity contribution in [2.45, 2.75) is 78.3 Å². The lowest BCUT2D eigenvalue weighted by atomic mass is 9.73. The number of rotatable bonds is 4. The fraction of sp³-hybridized carbons (Fsp3) is 0.833. The van der Waals surface area contributed by atoms with Crippen LogP contribution in [0.25, 0.3) is 0 Å². The summed E-state index contributed by atoms with van der Waals surface area (Å²) in [6.45, 7) is 17.8. The van der Waals surface area contributed by atoms with E-state index in [9.17, 15) is 0 Å². The van der Waals surface area contributed by atoms with Crippen LogP contribution in [0.3, 0.4) is 0 Å². The fourth-order valence-corrected chi connectivity index (χ4v) is 7.37. The minimum atomic E-state index is 0.309. The second kappa shape index (κ2) is 5.78. The summed E-state index contributed by atoms with van der Waals surface area (Å²) in [4.78, 5) is 5.44. The average Bonchev–Trinajstić information content (AvgIpc) is 3.43. The van der Waals surface area contributed by atoms with Crippen LogP contribution in [0.5, 0.6) is 0 Å². The van der Waals surface area contributed by atoms with Gasteiger partial charge in [-0.2, -0.15) is 0 Å². The van der Waals surface area contributed by atoms with E-state index in [4.69, 9.17) is 0 Å². The van der Waals surface area contributed by atoms with Gasteiger partial charge in [0.1, 0.15) is 0 Å². The summed E-state index contributed by atoms with van der Waals surface area (Å²) in [6.07, 6.45) is 8.11. The molecule has 0 N–H and O–H groups in total. The summed E-state index contributed by atoms with van der Waals surface area (Å²) >= 11 is 0. The summed E-state index contributed by atoms with van der Waals surface area (Å²) < 4.78 is 0. The largest absolute Gasteiger partial charge is 0.299 e. The van der Waals surface area contributed by atoms with E-state index in [0.717, 1.165) is 0 Å². The molecule has 6 heterocycles. The molecule has 0 bridgehead atoms. The van der Waals surface area contributed by atoms with Gasteiger partial charge in [0.05, 0.1) is 12.1 Å². The van der Waals surface area contributed by atoms with Gasteiger partial charge in [0.2, 0.25) is 0 Å². The fourth-order valence-electron chi connectivity index (χ4n) is 7.37. The minimum absolute atomic E-state index is 0.309. The second-order valence-corrected chi connectivity index (χ2v) is 11.4. The van der Waals surface area contributed by atoms with Crippen molar-refractivity contribution < 1.29 is 0 Å². The van der Waals surface area contributed by atoms with E-state index >= 15 is 0 Å². The molecule has 2 atom stereocenters. The van der Waals surface area contributed by atoms with E-state index in [1.54, 1.807) is 22.5 Å². The third kappa shape index (κ3) is 2.19. The van der Waals surface area contributed by atoms with Gasteiger partial charge in [-0.1, -0.05) is 27.7 Å². The zero-order valence-corrected chi connectivity index (χ0v) is 18.4. The number of hydrogen-bond acceptors (Lipinski definition) is 4. The highest BCUT2D eigenvalue weighted by Gasteiger charge is 2.64. The number of likely N-dealkylation sites (tertiary alicyclic amines) is 2. The maximum absolute atomic E-state index is 2.80. The van der Waals surface area contributed by atoms with Crippen molar-refractivity contribution in [3.63, 3.8) is 0 Å². The van der Waals surface area contributed by atoms with Gasteiger partial charge < -0.3 is 0 Å². The van der Waals surface area contributed by atoms with E-state index in [1.807, 2.05) is 0 Å². The molecule has 6 rings (SSSR count). The quantitative estimate of drug-likeness (QED) is 0.732. The third-order valence-electron chi connectivity index (χ3n) is 9.23. The maximum Gasteiger partial charge on any atom is 0.0647 e. The first kappa shape index (κ1) is 17.8. The molecule has 0 amide bonds. The molecule has 154 valence electrons. The molecule has 6 aliphatic heterocycles. The lowest BCUT2D eigenvalue weighted by Crippen LogP contribution is -2.43. The van der Waals surface area contributed by atoms with Gasteiger partial charge in [-0.05, 0) is 63.0 Å². The van der Waals surface area contributed by atoms with E-state index in [1.165, 1.54) is 77.8 Å². The highest BCUT2D eigenvalue weighted by atomic mass is 15.7. The molecule has 0 radical (unpaired) electrons. The van der Waals surface area contributed by atoms with Crippen LogP contribution < -0.4 is 0 Å². The Balaban J connectivity index is 1.37. The Bertz CT molecular complexity index is 685. The molecule has 4 nitrogen and oxygen atoms in total. The SMILES string of the molecule is CC1(C)C(CN2CCCC2)=C2CC3N4C(=C(CN5CCCC5)C3(C)C)CC1N24. The number of hydrazine groups is 1. The van der Waals surface area contributed by atoms with Crippen molar-refractivity contribution in [2.24, 2.45) is 10.8 Å². The summed E-state index contributed by atoms with van der Waals surface area (Å²) in [6, 6.07) is 1.31. The van der Waals surface area contributed by atoms with Gasteiger partial charge in [-0.15, -0.1) is 0 Å². The van der Waals surface area contributed by atoms with Crippen molar-refractivity contribution in [2.75, 3.05) is 39.3 Å². The predicted octanol–water partition coefficient (Wildman–Crippen LogP) is 3.83. The zero-order valence-electron chi connectivity index (χ0n) is 18.4. The van der Waals surface area contributed by atoms with Gasteiger partial charge in [-0.3, -0.25) is 19.8 Å². The predicted molar refractivity (Wildman–Crippen MR) is 113 cm³/mol. The molecule has 2 unspecified atom stereocenters. The standard InChI is InChI=1S/C24H38N4/c1-23(2)17(15-25-9-5-6-10-25)19-14-22-24(3,4)18(16-26-11-7-8-12-26)20-13-21(23)27(19)28(20)22/h21-22H,5-16H2,1-4H3. The molecular formula is C24H38N4. The normalized spacial score (nSPS) is 36.0. The van der Waals surface area contributed by atoms with Gasteiger partial charge >= 0.3 is 0 Å². The molecule has 0 aromatic rings. The summed E-state index contributed by atoms with van der Waals surface area (Å²) in [7, 11) is 0. The Hall–Kier alpha value is -1.00. The van der Waals surface area contributed by atoms with Crippen molar-refractivity contribution in [1.82, 2.24) is 19.8 Å². The summed E-state index contributed by atoms with van der Waals surface area (Å²) in [5, 5.41) is 5.59. The zero-order chi connectivity index (χ0) is 19.3. The molecule has 4 saturated heterocycles. The van der Waals surface area contributed by atoms with Crippen molar-refractivity contribution in [3.8, 4) is 0 Å². The van der Waals surface area contributed by atoms with Crippen LogP contribution in [0.15, 0.2) is 22.5 Å². The van der Waals surface area contributed by atoms with Crippen LogP contribution in [0, 0.1) is 10.8 Å². The molecule has 4 heteroatoms. The van der Waals surface area contributed by atoms with E-state index < -0.39 is 0 Å². The molecule has 0 aliphatic carbocycles. The Morgan fingerprint density at radius 3 is 1.36 bits per heavy atom. The van der Waals surface area contributed by atoms with Gasteiger partial charge in [0, 0.05) is 48.2 Å². The van der Waals surface area contributed by atoms with E-state index in [2.05, 4.69) is 47.5 Å². The Kier molecular flexibility index (Phi) is 3.68. The first-order chi connectivity index (χ1) is 13.4. The van der Waals surface area contributed by atoms with Crippen LogP contribution >= 0.6 is 0 Å². The monoisotopic (exact) mass is 382 g/mol. The van der Waals surface area contributed by atoms with Crippen LogP contribution in [-0.4, -0.2) is 71.2 Å². The first-order valence-electron chi connectivity index (χ1n) is 11.9. The summed E-state index contributed by atoms with van der Waals surface area (Å²) in [5.41, 5.74) is 7.56. The van der Waals surface area contributed by atoms with Gasteiger partial charge in [-0.25, -0.2) is 0 Å². The lowest BCUT2D eigenvalue weighted by Gasteiger charge is -2.37. The molecular weight excluding hydrogens is 344 g/mol. The highest BCUT2D eigenvalue weighted by molar-refractivity contribution is 5.46. The Morgan fingerprint density at radius 2 is 1.00 bits per heavy atom. The average molecular weight is 383 g/mol. The minimum Gasteiger partial charge on any atom is -0.299 e. The highest BCUT2D eigenvalue weighted by Crippen LogP contribution is 2.64. The van der Waals surface area contributed by atoms with Crippen LogP contribution in [0.1, 0.15) is 66.2 Å². The first-order valence-corrected chi connectivity index (χ1v) is 11.9. The molecule has 0 spiro atoms. The van der Waals surface area contributed by atoms with E-state index in [0.29, 0.717) is 22.9 Å². The summed E-state index contributed by atoms with van der Waals surface area (Å²) in [5.74, 6) is 0. The van der Waals surface area contributed by atoms with Crippen LogP contribution in [0.2, 0.25) is 0 Å². The third-order valence-corrected chi connectivity index (χ3v) is 9.23. The van der Waals surface area contributed by atoms with Gasteiger partial charge in [0.25, 0.3) is 0 Å². The van der Waals surface area contributed by atoms with Crippen molar-refractivity contribution in [3.05, 3.63) is 22.5 Å². The molecule has 0 aromatic carbocycles. The lowest BCUT2D eigenvalue weighted by molar-refractivity contribution is 0.0332. The molecule has 0 saturated carbocycles. The topological polar surface area (TPSA) is 13.0 Å². The van der Waals surface area contributed by atoms with E-state index in [-0.39, 0.29) is 0 Å². The smallest absolute Gasteiger partial charge is 0.0647 e.